The Hall–Kier alpha value is -2.01. The van der Waals surface area contributed by atoms with Crippen LogP contribution in [0.5, 0.6) is 5.75 Å². The Morgan fingerprint density at radius 2 is 2.00 bits per heavy atom. The van der Waals surface area contributed by atoms with E-state index in [0.717, 1.165) is 0 Å². The SMILES string of the molecule is COC(=O)c1nn(-c2ccccc2OC)c(C)c1Cl. The number of carbonyl (C=O) groups is 1. The second kappa shape index (κ2) is 5.32. The topological polar surface area (TPSA) is 53.3 Å². The maximum Gasteiger partial charge on any atom is 0.360 e. The Morgan fingerprint density at radius 3 is 2.63 bits per heavy atom. The number of nitrogens with zero attached hydrogens (tertiary/aromatic N) is 2. The smallest absolute Gasteiger partial charge is 0.360 e. The number of halogens is 1. The van der Waals surface area contributed by atoms with E-state index in [2.05, 4.69) is 9.84 Å². The van der Waals surface area contributed by atoms with Crippen LogP contribution in [0.2, 0.25) is 5.02 Å². The van der Waals surface area contributed by atoms with Crippen LogP contribution in [0, 0.1) is 6.92 Å². The zero-order valence-electron chi connectivity index (χ0n) is 10.8. The Balaban J connectivity index is 2.60. The van der Waals surface area contributed by atoms with Gasteiger partial charge in [-0.15, -0.1) is 0 Å². The van der Waals surface area contributed by atoms with Crippen molar-refractivity contribution >= 4 is 17.6 Å². The average Bonchev–Trinajstić information content (AvgIpc) is 2.74. The number of methoxy groups -OCH3 is 2. The van der Waals surface area contributed by atoms with Gasteiger partial charge in [0.15, 0.2) is 5.69 Å². The van der Waals surface area contributed by atoms with Crippen LogP contribution in [-0.2, 0) is 4.74 Å². The molecule has 0 aliphatic rings. The van der Waals surface area contributed by atoms with Gasteiger partial charge in [-0.2, -0.15) is 5.10 Å². The molecule has 19 heavy (non-hydrogen) atoms. The fourth-order valence-corrected chi connectivity index (χ4v) is 1.94. The molecule has 0 N–H and O–H groups in total. The molecule has 2 aromatic rings. The number of aromatic nitrogens is 2. The van der Waals surface area contributed by atoms with Crippen LogP contribution in [0.15, 0.2) is 24.3 Å². The van der Waals surface area contributed by atoms with Crippen LogP contribution >= 0.6 is 11.6 Å². The van der Waals surface area contributed by atoms with Crippen molar-refractivity contribution in [1.82, 2.24) is 9.78 Å². The summed E-state index contributed by atoms with van der Waals surface area (Å²) in [5, 5.41) is 4.46. The number of rotatable bonds is 3. The Kier molecular flexibility index (Phi) is 3.76. The fraction of sp³-hybridized carbons (Fsp3) is 0.231. The summed E-state index contributed by atoms with van der Waals surface area (Å²) in [5.74, 6) is 0.0722. The summed E-state index contributed by atoms with van der Waals surface area (Å²) in [6, 6.07) is 7.34. The van der Waals surface area contributed by atoms with E-state index >= 15 is 0 Å². The summed E-state index contributed by atoms with van der Waals surface area (Å²) in [4.78, 5) is 11.6. The monoisotopic (exact) mass is 280 g/mol. The van der Waals surface area contributed by atoms with E-state index in [9.17, 15) is 4.79 Å². The molecular weight excluding hydrogens is 268 g/mol. The number of para-hydroxylation sites is 2. The van der Waals surface area contributed by atoms with Gasteiger partial charge in [-0.1, -0.05) is 23.7 Å². The third-order valence-electron chi connectivity index (χ3n) is 2.74. The molecule has 6 heteroatoms. The van der Waals surface area contributed by atoms with Gasteiger partial charge < -0.3 is 9.47 Å². The van der Waals surface area contributed by atoms with E-state index in [1.165, 1.54) is 7.11 Å². The molecule has 5 nitrogen and oxygen atoms in total. The maximum atomic E-state index is 11.6. The van der Waals surface area contributed by atoms with Crippen molar-refractivity contribution in [3.8, 4) is 11.4 Å². The van der Waals surface area contributed by atoms with Crippen LogP contribution in [0.3, 0.4) is 0 Å². The second-order valence-corrected chi connectivity index (χ2v) is 4.20. The molecule has 1 aromatic heterocycles. The molecule has 0 aliphatic carbocycles. The van der Waals surface area contributed by atoms with Gasteiger partial charge in [0.25, 0.3) is 0 Å². The predicted octanol–water partition coefficient (Wildman–Crippen LogP) is 2.63. The third kappa shape index (κ3) is 2.29. The van der Waals surface area contributed by atoms with Crippen LogP contribution < -0.4 is 4.74 Å². The minimum atomic E-state index is -0.568. The van der Waals surface area contributed by atoms with Crippen molar-refractivity contribution in [2.45, 2.75) is 6.92 Å². The Labute approximate surface area is 115 Å². The summed E-state index contributed by atoms with van der Waals surface area (Å²) < 4.78 is 11.5. The first-order valence-corrected chi connectivity index (χ1v) is 5.94. The van der Waals surface area contributed by atoms with Gasteiger partial charge in [0.2, 0.25) is 0 Å². The largest absolute Gasteiger partial charge is 0.494 e. The van der Waals surface area contributed by atoms with Gasteiger partial charge in [0, 0.05) is 0 Å². The van der Waals surface area contributed by atoms with E-state index in [0.29, 0.717) is 17.1 Å². The molecule has 0 atom stereocenters. The number of hydrogen-bond donors (Lipinski definition) is 0. The van der Waals surface area contributed by atoms with Gasteiger partial charge in [0.1, 0.15) is 11.4 Å². The minimum Gasteiger partial charge on any atom is -0.494 e. The molecule has 2 rings (SSSR count). The van der Waals surface area contributed by atoms with Crippen molar-refractivity contribution in [3.05, 3.63) is 40.7 Å². The first kappa shape index (κ1) is 13.4. The van der Waals surface area contributed by atoms with Gasteiger partial charge in [-0.05, 0) is 19.1 Å². The highest BCUT2D eigenvalue weighted by atomic mass is 35.5. The molecule has 0 unspecified atom stereocenters. The van der Waals surface area contributed by atoms with Crippen LogP contribution in [0.25, 0.3) is 5.69 Å². The molecule has 0 fully saturated rings. The predicted molar refractivity (Wildman–Crippen MR) is 71.2 cm³/mol. The fourth-order valence-electron chi connectivity index (χ4n) is 1.75. The molecule has 0 aliphatic heterocycles. The number of hydrogen-bond acceptors (Lipinski definition) is 4. The number of carbonyl (C=O) groups excluding carboxylic acids is 1. The molecule has 0 amide bonds. The molecule has 0 saturated heterocycles. The summed E-state index contributed by atoms with van der Waals surface area (Å²) in [6.07, 6.45) is 0. The van der Waals surface area contributed by atoms with Gasteiger partial charge >= 0.3 is 5.97 Å². The maximum absolute atomic E-state index is 11.6. The highest BCUT2D eigenvalue weighted by molar-refractivity contribution is 6.34. The summed E-state index contributed by atoms with van der Waals surface area (Å²) in [6.45, 7) is 1.77. The summed E-state index contributed by atoms with van der Waals surface area (Å²) >= 11 is 6.11. The van der Waals surface area contributed by atoms with E-state index in [1.54, 1.807) is 18.7 Å². The molecule has 0 bridgehead atoms. The lowest BCUT2D eigenvalue weighted by atomic mass is 10.3. The number of benzene rings is 1. The van der Waals surface area contributed by atoms with Crippen molar-refractivity contribution in [1.29, 1.82) is 0 Å². The van der Waals surface area contributed by atoms with E-state index in [4.69, 9.17) is 16.3 Å². The highest BCUT2D eigenvalue weighted by Gasteiger charge is 2.21. The molecule has 1 aromatic carbocycles. The molecule has 0 saturated carbocycles. The van der Waals surface area contributed by atoms with Crippen molar-refractivity contribution in [2.24, 2.45) is 0 Å². The van der Waals surface area contributed by atoms with Crippen LogP contribution in [0.1, 0.15) is 16.2 Å². The number of ether oxygens (including phenoxy) is 2. The third-order valence-corrected chi connectivity index (χ3v) is 3.19. The standard InChI is InChI=1S/C13H13ClN2O3/c1-8-11(14)12(13(17)19-3)15-16(8)9-6-4-5-7-10(9)18-2/h4-7H,1-3H3. The van der Waals surface area contributed by atoms with Crippen LogP contribution in [-0.4, -0.2) is 30.0 Å². The van der Waals surface area contributed by atoms with Crippen LogP contribution in [0.4, 0.5) is 0 Å². The normalized spacial score (nSPS) is 10.3. The summed E-state index contributed by atoms with van der Waals surface area (Å²) in [7, 11) is 2.86. The first-order valence-electron chi connectivity index (χ1n) is 5.57. The Morgan fingerprint density at radius 1 is 1.32 bits per heavy atom. The zero-order chi connectivity index (χ0) is 14.0. The lowest BCUT2D eigenvalue weighted by Crippen LogP contribution is -2.05. The minimum absolute atomic E-state index is 0.0903. The Bertz CT molecular complexity index is 622. The van der Waals surface area contributed by atoms with Crippen molar-refractivity contribution in [3.63, 3.8) is 0 Å². The molecular formula is C13H13ClN2O3. The lowest BCUT2D eigenvalue weighted by molar-refractivity contribution is 0.0593. The quantitative estimate of drug-likeness (QED) is 0.811. The van der Waals surface area contributed by atoms with Gasteiger partial charge in [-0.25, -0.2) is 9.48 Å². The van der Waals surface area contributed by atoms with E-state index in [1.807, 2.05) is 24.3 Å². The summed E-state index contributed by atoms with van der Waals surface area (Å²) in [5.41, 5.74) is 1.44. The van der Waals surface area contributed by atoms with Gasteiger partial charge in [-0.3, -0.25) is 0 Å². The lowest BCUT2D eigenvalue weighted by Gasteiger charge is -2.09. The molecule has 0 radical (unpaired) electrons. The van der Waals surface area contributed by atoms with E-state index < -0.39 is 5.97 Å². The number of esters is 1. The first-order chi connectivity index (χ1) is 9.10. The molecule has 1 heterocycles. The zero-order valence-corrected chi connectivity index (χ0v) is 11.6. The average molecular weight is 281 g/mol. The van der Waals surface area contributed by atoms with Gasteiger partial charge in [0.05, 0.1) is 24.9 Å². The van der Waals surface area contributed by atoms with Crippen molar-refractivity contribution in [2.75, 3.05) is 14.2 Å². The second-order valence-electron chi connectivity index (χ2n) is 3.82. The highest BCUT2D eigenvalue weighted by Crippen LogP contribution is 2.28. The molecule has 100 valence electrons. The van der Waals surface area contributed by atoms with Crippen molar-refractivity contribution < 1.29 is 14.3 Å². The molecule has 0 spiro atoms. The van der Waals surface area contributed by atoms with E-state index in [-0.39, 0.29) is 10.7 Å².